The lowest BCUT2D eigenvalue weighted by Gasteiger charge is -2.20. The van der Waals surface area contributed by atoms with Gasteiger partial charge in [0.05, 0.1) is 0 Å². The second-order valence-electron chi connectivity index (χ2n) is 6.06. The average molecular weight is 269 g/mol. The maximum atomic E-state index is 12.4. The van der Waals surface area contributed by atoms with Crippen LogP contribution >= 0.6 is 0 Å². The molecule has 0 radical (unpaired) electrons. The first kappa shape index (κ1) is 13.6. The molecule has 0 N–H and O–H groups in total. The molecule has 2 heteroatoms. The van der Waals surface area contributed by atoms with E-state index in [2.05, 4.69) is 29.2 Å². The van der Waals surface area contributed by atoms with Crippen molar-refractivity contribution in [3.05, 3.63) is 47.5 Å². The summed E-state index contributed by atoms with van der Waals surface area (Å²) < 4.78 is 0. The molecule has 2 nitrogen and oxygen atoms in total. The molecule has 0 bridgehead atoms. The number of carbonyl (C=O) groups is 1. The van der Waals surface area contributed by atoms with E-state index >= 15 is 0 Å². The zero-order valence-electron chi connectivity index (χ0n) is 12.1. The van der Waals surface area contributed by atoms with Crippen LogP contribution in [0.2, 0.25) is 0 Å². The van der Waals surface area contributed by atoms with Gasteiger partial charge in [-0.3, -0.25) is 9.69 Å². The van der Waals surface area contributed by atoms with E-state index in [0.29, 0.717) is 5.78 Å². The van der Waals surface area contributed by atoms with Crippen molar-refractivity contribution in [2.75, 3.05) is 13.1 Å². The van der Waals surface area contributed by atoms with Gasteiger partial charge in [-0.2, -0.15) is 0 Å². The van der Waals surface area contributed by atoms with Crippen LogP contribution in [0, 0.1) is 5.92 Å². The van der Waals surface area contributed by atoms with Crippen molar-refractivity contribution in [1.29, 1.82) is 0 Å². The molecule has 1 heterocycles. The van der Waals surface area contributed by atoms with Gasteiger partial charge in [-0.25, -0.2) is 0 Å². The summed E-state index contributed by atoms with van der Waals surface area (Å²) in [6, 6.07) is 8.29. The van der Waals surface area contributed by atoms with E-state index in [1.807, 2.05) is 12.1 Å². The monoisotopic (exact) mass is 269 g/mol. The minimum absolute atomic E-state index is 0.275. The highest BCUT2D eigenvalue weighted by molar-refractivity contribution is 5.97. The Morgan fingerprint density at radius 1 is 1.00 bits per heavy atom. The molecule has 1 saturated carbocycles. The fourth-order valence-electron chi connectivity index (χ4n) is 3.28. The molecule has 3 rings (SSSR count). The van der Waals surface area contributed by atoms with E-state index < -0.39 is 0 Å². The largest absolute Gasteiger partial charge is 0.294 e. The molecule has 1 aromatic carbocycles. The van der Waals surface area contributed by atoms with E-state index in [4.69, 9.17) is 0 Å². The Labute approximate surface area is 121 Å². The van der Waals surface area contributed by atoms with Crippen LogP contribution in [0.25, 0.3) is 0 Å². The minimum Gasteiger partial charge on any atom is -0.294 e. The molecule has 0 atom stereocenters. The van der Waals surface area contributed by atoms with Gasteiger partial charge in [0.15, 0.2) is 5.78 Å². The molecular weight excluding hydrogens is 246 g/mol. The van der Waals surface area contributed by atoms with Crippen molar-refractivity contribution in [2.45, 2.75) is 38.6 Å². The number of hydrogen-bond acceptors (Lipinski definition) is 2. The summed E-state index contributed by atoms with van der Waals surface area (Å²) in [5.41, 5.74) is 2.20. The molecule has 2 aliphatic rings. The topological polar surface area (TPSA) is 20.3 Å². The average Bonchev–Trinajstić information content (AvgIpc) is 3.01. The molecule has 0 unspecified atom stereocenters. The van der Waals surface area contributed by atoms with Gasteiger partial charge in [-0.1, -0.05) is 55.7 Å². The number of carbonyl (C=O) groups excluding carboxylic acids is 1. The van der Waals surface area contributed by atoms with Crippen LogP contribution in [0.1, 0.15) is 48.0 Å². The number of ketones is 1. The summed E-state index contributed by atoms with van der Waals surface area (Å²) >= 11 is 0. The summed E-state index contributed by atoms with van der Waals surface area (Å²) in [6.45, 7) is 3.07. The molecule has 20 heavy (non-hydrogen) atoms. The Kier molecular flexibility index (Phi) is 4.31. The third kappa shape index (κ3) is 3.18. The third-order valence-corrected chi connectivity index (χ3v) is 4.51. The van der Waals surface area contributed by atoms with E-state index in [9.17, 15) is 4.79 Å². The van der Waals surface area contributed by atoms with Gasteiger partial charge in [0.1, 0.15) is 0 Å². The zero-order valence-corrected chi connectivity index (χ0v) is 12.1. The quantitative estimate of drug-likeness (QED) is 0.612. The summed E-state index contributed by atoms with van der Waals surface area (Å²) in [5, 5.41) is 0. The first-order chi connectivity index (χ1) is 9.83. The van der Waals surface area contributed by atoms with Crippen molar-refractivity contribution in [1.82, 2.24) is 4.90 Å². The molecule has 1 aliphatic carbocycles. The first-order valence-electron chi connectivity index (χ1n) is 7.83. The van der Waals surface area contributed by atoms with Gasteiger partial charge < -0.3 is 0 Å². The van der Waals surface area contributed by atoms with Gasteiger partial charge in [-0.05, 0) is 18.4 Å². The smallest absolute Gasteiger partial charge is 0.165 e. The van der Waals surface area contributed by atoms with E-state index in [1.54, 1.807) is 0 Å². The van der Waals surface area contributed by atoms with Crippen molar-refractivity contribution in [3.8, 4) is 0 Å². The van der Waals surface area contributed by atoms with Crippen LogP contribution < -0.4 is 0 Å². The van der Waals surface area contributed by atoms with Crippen LogP contribution in [0.5, 0.6) is 0 Å². The fraction of sp³-hybridized carbons (Fsp3) is 0.500. The number of Topliss-reactive ketones (excluding diaryl/α,β-unsaturated/α-hetero) is 1. The lowest BCUT2D eigenvalue weighted by molar-refractivity contribution is 0.0889. The Morgan fingerprint density at radius 3 is 2.30 bits per heavy atom. The van der Waals surface area contributed by atoms with E-state index in [1.165, 1.54) is 24.8 Å². The van der Waals surface area contributed by atoms with Crippen LogP contribution in [-0.2, 0) is 6.54 Å². The first-order valence-corrected chi connectivity index (χ1v) is 7.83. The maximum Gasteiger partial charge on any atom is 0.165 e. The molecule has 0 amide bonds. The van der Waals surface area contributed by atoms with Crippen LogP contribution in [0.15, 0.2) is 36.4 Å². The highest BCUT2D eigenvalue weighted by Crippen LogP contribution is 2.27. The third-order valence-electron chi connectivity index (χ3n) is 4.51. The molecular formula is C18H23NO. The van der Waals surface area contributed by atoms with Crippen LogP contribution in [-0.4, -0.2) is 23.8 Å². The minimum atomic E-state index is 0.275. The van der Waals surface area contributed by atoms with Gasteiger partial charge in [-0.15, -0.1) is 0 Å². The molecule has 0 aromatic heterocycles. The Hall–Kier alpha value is -1.41. The van der Waals surface area contributed by atoms with Crippen molar-refractivity contribution in [2.24, 2.45) is 5.92 Å². The molecule has 1 aromatic rings. The predicted molar refractivity (Wildman–Crippen MR) is 81.8 cm³/mol. The van der Waals surface area contributed by atoms with Gasteiger partial charge in [0.2, 0.25) is 0 Å². The maximum absolute atomic E-state index is 12.4. The summed E-state index contributed by atoms with van der Waals surface area (Å²) in [7, 11) is 0. The Balaban J connectivity index is 1.61. The predicted octanol–water partition coefficient (Wildman–Crippen LogP) is 3.82. The second kappa shape index (κ2) is 6.36. The summed E-state index contributed by atoms with van der Waals surface area (Å²) in [5.74, 6) is 0.636. The van der Waals surface area contributed by atoms with Crippen molar-refractivity contribution in [3.63, 3.8) is 0 Å². The second-order valence-corrected chi connectivity index (χ2v) is 6.06. The highest BCUT2D eigenvalue weighted by atomic mass is 16.1. The fourth-order valence-corrected chi connectivity index (χ4v) is 3.28. The van der Waals surface area contributed by atoms with Gasteiger partial charge >= 0.3 is 0 Å². The summed E-state index contributed by atoms with van der Waals surface area (Å²) in [4.78, 5) is 14.8. The lowest BCUT2D eigenvalue weighted by Crippen LogP contribution is -2.20. The Bertz CT molecular complexity index is 475. The van der Waals surface area contributed by atoms with Crippen molar-refractivity contribution < 1.29 is 4.79 Å². The summed E-state index contributed by atoms with van der Waals surface area (Å²) in [6.07, 6.45) is 10.3. The van der Waals surface area contributed by atoms with Crippen molar-refractivity contribution >= 4 is 5.78 Å². The van der Waals surface area contributed by atoms with Crippen LogP contribution in [0.4, 0.5) is 0 Å². The normalized spacial score (nSPS) is 20.4. The highest BCUT2D eigenvalue weighted by Gasteiger charge is 2.22. The molecule has 106 valence electrons. The number of benzene rings is 1. The lowest BCUT2D eigenvalue weighted by atomic mass is 9.84. The standard InChI is InChI=1S/C18H23NO/c20-18(16-6-2-1-3-7-16)17-10-8-15(9-11-17)14-19-12-4-5-13-19/h4-5,8-11,16H,1-3,6-7,12-14H2. The number of nitrogens with zero attached hydrogens (tertiary/aromatic N) is 1. The van der Waals surface area contributed by atoms with E-state index in [-0.39, 0.29) is 5.92 Å². The molecule has 1 aliphatic heterocycles. The molecule has 0 spiro atoms. The number of rotatable bonds is 4. The van der Waals surface area contributed by atoms with Crippen LogP contribution in [0.3, 0.4) is 0 Å². The molecule has 0 saturated heterocycles. The van der Waals surface area contributed by atoms with E-state index in [0.717, 1.165) is 38.0 Å². The van der Waals surface area contributed by atoms with Gasteiger partial charge in [0, 0.05) is 31.1 Å². The Morgan fingerprint density at radius 2 is 1.65 bits per heavy atom. The molecule has 1 fully saturated rings. The number of hydrogen-bond donors (Lipinski definition) is 0. The van der Waals surface area contributed by atoms with Gasteiger partial charge in [0.25, 0.3) is 0 Å². The zero-order chi connectivity index (χ0) is 13.8. The SMILES string of the molecule is O=C(c1ccc(CN2CC=CC2)cc1)C1CCCCC1.